The van der Waals surface area contributed by atoms with Crippen LogP contribution in [0.3, 0.4) is 0 Å². The molecule has 1 aliphatic carbocycles. The zero-order valence-corrected chi connectivity index (χ0v) is 11.7. The topological polar surface area (TPSA) is 46.3 Å². The number of hydrogen-bond acceptors (Lipinski definition) is 2. The zero-order valence-electron chi connectivity index (χ0n) is 11.7. The van der Waals surface area contributed by atoms with Crippen LogP contribution in [0.15, 0.2) is 0 Å². The van der Waals surface area contributed by atoms with E-state index < -0.39 is 5.54 Å². The fraction of sp³-hybridized carbons (Fsp3) is 0.929. The molecule has 0 aromatic carbocycles. The summed E-state index contributed by atoms with van der Waals surface area (Å²) in [5.41, 5.74) is 5.69. The number of likely N-dealkylation sites (N-methyl/N-ethyl adjacent to an activating group) is 1. The lowest BCUT2D eigenvalue weighted by Crippen LogP contribution is -2.54. The van der Waals surface area contributed by atoms with Gasteiger partial charge >= 0.3 is 0 Å². The Labute approximate surface area is 106 Å². The van der Waals surface area contributed by atoms with Gasteiger partial charge in [-0.25, -0.2) is 0 Å². The molecule has 0 bridgehead atoms. The van der Waals surface area contributed by atoms with Crippen molar-refractivity contribution < 1.29 is 4.79 Å². The fourth-order valence-electron chi connectivity index (χ4n) is 2.75. The van der Waals surface area contributed by atoms with E-state index in [1.807, 2.05) is 4.90 Å². The average Bonchev–Trinajstić information content (AvgIpc) is 2.78. The first-order valence-corrected chi connectivity index (χ1v) is 7.15. The number of carbonyl (C=O) groups is 1. The van der Waals surface area contributed by atoms with E-state index in [-0.39, 0.29) is 5.91 Å². The van der Waals surface area contributed by atoms with Gasteiger partial charge in [0.15, 0.2) is 0 Å². The molecule has 0 spiro atoms. The van der Waals surface area contributed by atoms with E-state index in [9.17, 15) is 4.79 Å². The molecule has 0 aromatic rings. The molecule has 0 heterocycles. The van der Waals surface area contributed by atoms with Crippen molar-refractivity contribution in [3.8, 4) is 0 Å². The van der Waals surface area contributed by atoms with E-state index in [0.717, 1.165) is 51.6 Å². The third-order valence-electron chi connectivity index (χ3n) is 4.22. The van der Waals surface area contributed by atoms with E-state index in [0.29, 0.717) is 5.92 Å². The molecule has 3 nitrogen and oxygen atoms in total. The highest BCUT2D eigenvalue weighted by atomic mass is 16.2. The highest BCUT2D eigenvalue weighted by Crippen LogP contribution is 2.29. The van der Waals surface area contributed by atoms with Crippen LogP contribution >= 0.6 is 0 Å². The van der Waals surface area contributed by atoms with Crippen LogP contribution in [0.2, 0.25) is 0 Å². The average molecular weight is 240 g/mol. The first-order valence-electron chi connectivity index (χ1n) is 7.15. The molecular weight excluding hydrogens is 212 g/mol. The zero-order chi connectivity index (χ0) is 12.9. The van der Waals surface area contributed by atoms with Crippen LogP contribution in [-0.2, 0) is 4.79 Å². The van der Waals surface area contributed by atoms with Crippen molar-refractivity contribution in [3.05, 3.63) is 0 Å². The predicted molar refractivity (Wildman–Crippen MR) is 71.7 cm³/mol. The van der Waals surface area contributed by atoms with Gasteiger partial charge in [-0.3, -0.25) is 4.79 Å². The Morgan fingerprint density at radius 2 is 1.76 bits per heavy atom. The van der Waals surface area contributed by atoms with E-state index in [2.05, 4.69) is 20.8 Å². The van der Waals surface area contributed by atoms with E-state index in [1.54, 1.807) is 0 Å². The second kappa shape index (κ2) is 6.39. The van der Waals surface area contributed by atoms with Crippen LogP contribution in [-0.4, -0.2) is 29.4 Å². The minimum absolute atomic E-state index is 0.185. The van der Waals surface area contributed by atoms with E-state index >= 15 is 0 Å². The lowest BCUT2D eigenvalue weighted by molar-refractivity contribution is -0.137. The molecule has 1 rings (SSSR count). The minimum Gasteiger partial charge on any atom is -0.341 e. The van der Waals surface area contributed by atoms with Gasteiger partial charge in [0, 0.05) is 13.1 Å². The SMILES string of the molecule is CCC(CC)CN(CC)C(=O)C1(N)CCCC1. The van der Waals surface area contributed by atoms with Crippen LogP contribution < -0.4 is 5.73 Å². The fourth-order valence-corrected chi connectivity index (χ4v) is 2.75. The van der Waals surface area contributed by atoms with Gasteiger partial charge in [0.2, 0.25) is 5.91 Å². The highest BCUT2D eigenvalue weighted by molar-refractivity contribution is 5.86. The van der Waals surface area contributed by atoms with Gasteiger partial charge in [0.25, 0.3) is 0 Å². The van der Waals surface area contributed by atoms with Crippen molar-refractivity contribution in [1.29, 1.82) is 0 Å². The lowest BCUT2D eigenvalue weighted by Gasteiger charge is -2.33. The van der Waals surface area contributed by atoms with Gasteiger partial charge in [-0.2, -0.15) is 0 Å². The number of hydrogen-bond donors (Lipinski definition) is 1. The first kappa shape index (κ1) is 14.5. The van der Waals surface area contributed by atoms with Crippen LogP contribution in [0.4, 0.5) is 0 Å². The van der Waals surface area contributed by atoms with Gasteiger partial charge < -0.3 is 10.6 Å². The Bertz CT molecular complexity index is 243. The number of amides is 1. The van der Waals surface area contributed by atoms with Crippen molar-refractivity contribution in [2.24, 2.45) is 11.7 Å². The molecule has 0 aliphatic heterocycles. The molecule has 100 valence electrons. The van der Waals surface area contributed by atoms with Gasteiger partial charge in [-0.05, 0) is 25.7 Å². The second-order valence-electron chi connectivity index (χ2n) is 5.39. The molecule has 1 aliphatic rings. The van der Waals surface area contributed by atoms with Crippen molar-refractivity contribution in [3.63, 3.8) is 0 Å². The van der Waals surface area contributed by atoms with Gasteiger partial charge in [-0.15, -0.1) is 0 Å². The van der Waals surface area contributed by atoms with Gasteiger partial charge in [0.05, 0.1) is 5.54 Å². The summed E-state index contributed by atoms with van der Waals surface area (Å²) in [7, 11) is 0. The second-order valence-corrected chi connectivity index (χ2v) is 5.39. The Hall–Kier alpha value is -0.570. The lowest BCUT2D eigenvalue weighted by atomic mass is 9.95. The van der Waals surface area contributed by atoms with Gasteiger partial charge in [0.1, 0.15) is 0 Å². The Kier molecular flexibility index (Phi) is 5.44. The maximum Gasteiger partial charge on any atom is 0.242 e. The van der Waals surface area contributed by atoms with Crippen molar-refractivity contribution >= 4 is 5.91 Å². The van der Waals surface area contributed by atoms with Crippen molar-refractivity contribution in [1.82, 2.24) is 4.90 Å². The maximum atomic E-state index is 12.5. The smallest absolute Gasteiger partial charge is 0.242 e. The molecule has 1 fully saturated rings. The molecular formula is C14H28N2O. The van der Waals surface area contributed by atoms with E-state index in [1.165, 1.54) is 0 Å². The quantitative estimate of drug-likeness (QED) is 0.775. The molecule has 0 unspecified atom stereocenters. The monoisotopic (exact) mass is 240 g/mol. The third-order valence-corrected chi connectivity index (χ3v) is 4.22. The molecule has 1 saturated carbocycles. The summed E-state index contributed by atoms with van der Waals surface area (Å²) in [5.74, 6) is 0.799. The van der Waals surface area contributed by atoms with E-state index in [4.69, 9.17) is 5.73 Å². The Balaban J connectivity index is 2.63. The van der Waals surface area contributed by atoms with Crippen LogP contribution in [0.5, 0.6) is 0 Å². The summed E-state index contributed by atoms with van der Waals surface area (Å²) in [6.07, 6.45) is 6.21. The normalized spacial score (nSPS) is 18.6. The van der Waals surface area contributed by atoms with Crippen LogP contribution in [0.25, 0.3) is 0 Å². The predicted octanol–water partition coefficient (Wildman–Crippen LogP) is 2.54. The summed E-state index contributed by atoms with van der Waals surface area (Å²) < 4.78 is 0. The molecule has 0 aromatic heterocycles. The van der Waals surface area contributed by atoms with Crippen LogP contribution in [0.1, 0.15) is 59.3 Å². The standard InChI is InChI=1S/C14H28N2O/c1-4-12(5-2)11-16(6-3)13(17)14(15)9-7-8-10-14/h12H,4-11,15H2,1-3H3. The van der Waals surface area contributed by atoms with Crippen molar-refractivity contribution in [2.75, 3.05) is 13.1 Å². The van der Waals surface area contributed by atoms with Crippen molar-refractivity contribution in [2.45, 2.75) is 64.8 Å². The molecule has 2 N–H and O–H groups in total. The molecule has 0 atom stereocenters. The number of nitrogens with two attached hydrogens (primary N) is 1. The molecule has 3 heteroatoms. The summed E-state index contributed by atoms with van der Waals surface area (Å²) in [6, 6.07) is 0. The Morgan fingerprint density at radius 3 is 2.18 bits per heavy atom. The maximum absolute atomic E-state index is 12.5. The number of carbonyl (C=O) groups excluding carboxylic acids is 1. The summed E-state index contributed by atoms with van der Waals surface area (Å²) in [4.78, 5) is 14.4. The molecule has 0 radical (unpaired) electrons. The number of nitrogens with zero attached hydrogens (tertiary/aromatic N) is 1. The van der Waals surface area contributed by atoms with Crippen LogP contribution in [0, 0.1) is 5.92 Å². The highest BCUT2D eigenvalue weighted by Gasteiger charge is 2.39. The summed E-state index contributed by atoms with van der Waals surface area (Å²) in [5, 5.41) is 0. The molecule has 0 saturated heterocycles. The largest absolute Gasteiger partial charge is 0.341 e. The summed E-state index contributed by atoms with van der Waals surface area (Å²) in [6.45, 7) is 8.11. The third kappa shape index (κ3) is 3.44. The molecule has 17 heavy (non-hydrogen) atoms. The molecule has 1 amide bonds. The summed E-state index contributed by atoms with van der Waals surface area (Å²) >= 11 is 0. The Morgan fingerprint density at radius 1 is 1.24 bits per heavy atom. The van der Waals surface area contributed by atoms with Gasteiger partial charge in [-0.1, -0.05) is 39.5 Å². The minimum atomic E-state index is -0.554. The first-order chi connectivity index (χ1) is 8.07. The number of rotatable bonds is 6.